The molecule has 6 heteroatoms. The van der Waals surface area contributed by atoms with E-state index in [0.717, 1.165) is 48.7 Å². The molecule has 0 unspecified atom stereocenters. The van der Waals surface area contributed by atoms with Gasteiger partial charge in [-0.05, 0) is 48.8 Å². The van der Waals surface area contributed by atoms with Crippen LogP contribution >= 0.6 is 23.1 Å². The van der Waals surface area contributed by atoms with E-state index in [4.69, 9.17) is 0 Å². The highest BCUT2D eigenvalue weighted by molar-refractivity contribution is 8.00. The lowest BCUT2D eigenvalue weighted by Crippen LogP contribution is -2.57. The van der Waals surface area contributed by atoms with Crippen molar-refractivity contribution < 1.29 is 9.59 Å². The number of carbonyl (C=O) groups is 2. The molecule has 4 rings (SSSR count). The Morgan fingerprint density at radius 2 is 1.89 bits per heavy atom. The van der Waals surface area contributed by atoms with Crippen LogP contribution in [0.5, 0.6) is 0 Å². The van der Waals surface area contributed by atoms with Crippen LogP contribution in [0, 0.1) is 5.92 Å². The minimum Gasteiger partial charge on any atom is -0.342 e. The van der Waals surface area contributed by atoms with Gasteiger partial charge >= 0.3 is 0 Å². The first-order chi connectivity index (χ1) is 13.7. The first-order valence-corrected chi connectivity index (χ1v) is 11.8. The van der Waals surface area contributed by atoms with Crippen molar-refractivity contribution >= 4 is 34.9 Å². The van der Waals surface area contributed by atoms with Crippen LogP contribution in [0.25, 0.3) is 0 Å². The largest absolute Gasteiger partial charge is 0.342 e. The zero-order valence-corrected chi connectivity index (χ0v) is 17.6. The van der Waals surface area contributed by atoms with Gasteiger partial charge in [-0.25, -0.2) is 0 Å². The lowest BCUT2D eigenvalue weighted by atomic mass is 9.83. The number of amides is 2. The number of piperidine rings is 2. The van der Waals surface area contributed by atoms with Crippen LogP contribution < -0.4 is 0 Å². The molecular weight excluding hydrogens is 388 g/mol. The highest BCUT2D eigenvalue weighted by Crippen LogP contribution is 2.32. The van der Waals surface area contributed by atoms with Gasteiger partial charge in [-0.1, -0.05) is 24.3 Å². The SMILES string of the molecule is O=C(Cc1cccs1)N1CC[C@H]2[C@H](CCCN2C(=O)CSc2ccccc2)C1. The van der Waals surface area contributed by atoms with Gasteiger partial charge in [0.2, 0.25) is 11.8 Å². The fourth-order valence-electron chi connectivity index (χ4n) is 4.36. The van der Waals surface area contributed by atoms with Crippen LogP contribution in [0.4, 0.5) is 0 Å². The van der Waals surface area contributed by atoms with E-state index in [1.165, 1.54) is 0 Å². The van der Waals surface area contributed by atoms with E-state index in [0.29, 0.717) is 24.1 Å². The third-order valence-electron chi connectivity index (χ3n) is 5.75. The molecule has 1 aromatic carbocycles. The quantitative estimate of drug-likeness (QED) is 0.696. The summed E-state index contributed by atoms with van der Waals surface area (Å²) in [6.07, 6.45) is 3.56. The van der Waals surface area contributed by atoms with Crippen molar-refractivity contribution in [2.24, 2.45) is 5.92 Å². The molecule has 0 radical (unpaired) electrons. The maximum Gasteiger partial charge on any atom is 0.233 e. The van der Waals surface area contributed by atoms with Gasteiger partial charge < -0.3 is 9.80 Å². The number of thiophene rings is 1. The van der Waals surface area contributed by atoms with E-state index in [-0.39, 0.29) is 11.8 Å². The Balaban J connectivity index is 1.33. The third kappa shape index (κ3) is 4.61. The first kappa shape index (κ1) is 19.5. The minimum atomic E-state index is 0.226. The highest BCUT2D eigenvalue weighted by atomic mass is 32.2. The molecule has 2 saturated heterocycles. The fraction of sp³-hybridized carbons (Fsp3) is 0.455. The Bertz CT molecular complexity index is 794. The number of thioether (sulfide) groups is 1. The van der Waals surface area contributed by atoms with Gasteiger partial charge in [0.25, 0.3) is 0 Å². The molecule has 0 aliphatic carbocycles. The predicted molar refractivity (Wildman–Crippen MR) is 115 cm³/mol. The molecule has 1 aromatic heterocycles. The van der Waals surface area contributed by atoms with Gasteiger partial charge in [-0.15, -0.1) is 23.1 Å². The van der Waals surface area contributed by atoms with Crippen molar-refractivity contribution in [3.05, 3.63) is 52.7 Å². The van der Waals surface area contributed by atoms with Crippen molar-refractivity contribution in [1.29, 1.82) is 0 Å². The summed E-state index contributed by atoms with van der Waals surface area (Å²) in [7, 11) is 0. The Morgan fingerprint density at radius 3 is 2.68 bits per heavy atom. The van der Waals surface area contributed by atoms with Crippen molar-refractivity contribution in [2.75, 3.05) is 25.4 Å². The summed E-state index contributed by atoms with van der Waals surface area (Å²) in [5.41, 5.74) is 0. The Kier molecular flexibility index (Phi) is 6.37. The second-order valence-electron chi connectivity index (χ2n) is 7.54. The van der Waals surface area contributed by atoms with Gasteiger partial charge in [0.05, 0.1) is 12.2 Å². The first-order valence-electron chi connectivity index (χ1n) is 9.98. The summed E-state index contributed by atoms with van der Waals surface area (Å²) in [6.45, 7) is 2.42. The van der Waals surface area contributed by atoms with E-state index in [9.17, 15) is 9.59 Å². The molecule has 3 heterocycles. The molecular formula is C22H26N2O2S2. The molecule has 2 aliphatic heterocycles. The molecule has 2 atom stereocenters. The topological polar surface area (TPSA) is 40.6 Å². The van der Waals surface area contributed by atoms with Gasteiger partial charge in [-0.3, -0.25) is 9.59 Å². The standard InChI is InChI=1S/C22H26N2O2S2/c25-21(14-19-9-5-13-27-19)23-12-10-20-17(15-23)6-4-11-24(20)22(26)16-28-18-7-2-1-3-8-18/h1-3,5,7-9,13,17,20H,4,6,10-12,14-16H2/t17-,20+/m1/s1. The molecule has 2 aliphatic rings. The number of carbonyl (C=O) groups excluding carboxylic acids is 2. The number of hydrogen-bond donors (Lipinski definition) is 0. The van der Waals surface area contributed by atoms with Gasteiger partial charge in [-0.2, -0.15) is 0 Å². The second-order valence-corrected chi connectivity index (χ2v) is 9.62. The van der Waals surface area contributed by atoms with Crippen LogP contribution in [-0.2, 0) is 16.0 Å². The van der Waals surface area contributed by atoms with E-state index in [2.05, 4.69) is 17.0 Å². The third-order valence-corrected chi connectivity index (χ3v) is 7.63. The van der Waals surface area contributed by atoms with Crippen LogP contribution in [0.2, 0.25) is 0 Å². The van der Waals surface area contributed by atoms with Crippen molar-refractivity contribution in [3.8, 4) is 0 Å². The Labute approximate surface area is 174 Å². The van der Waals surface area contributed by atoms with Gasteiger partial charge in [0, 0.05) is 35.4 Å². The van der Waals surface area contributed by atoms with Crippen LogP contribution in [0.15, 0.2) is 52.7 Å². The van der Waals surface area contributed by atoms with E-state index in [1.54, 1.807) is 23.1 Å². The van der Waals surface area contributed by atoms with Crippen molar-refractivity contribution in [3.63, 3.8) is 0 Å². The normalized spacial score (nSPS) is 22.0. The minimum absolute atomic E-state index is 0.226. The van der Waals surface area contributed by atoms with Crippen LogP contribution in [0.3, 0.4) is 0 Å². The maximum atomic E-state index is 12.9. The Hall–Kier alpha value is -1.79. The summed E-state index contributed by atoms with van der Waals surface area (Å²) >= 11 is 3.26. The number of fused-ring (bicyclic) bond motifs is 1. The smallest absolute Gasteiger partial charge is 0.233 e. The summed E-state index contributed by atoms with van der Waals surface area (Å²) in [6, 6.07) is 14.4. The van der Waals surface area contributed by atoms with Crippen molar-refractivity contribution in [1.82, 2.24) is 9.80 Å². The van der Waals surface area contributed by atoms with Crippen LogP contribution in [-0.4, -0.2) is 53.0 Å². The van der Waals surface area contributed by atoms with Crippen molar-refractivity contribution in [2.45, 2.75) is 36.6 Å². The summed E-state index contributed by atoms with van der Waals surface area (Å²) in [5.74, 6) is 1.38. The maximum absolute atomic E-state index is 12.9. The molecule has 2 amide bonds. The zero-order valence-electron chi connectivity index (χ0n) is 16.0. The molecule has 4 nitrogen and oxygen atoms in total. The van der Waals surface area contributed by atoms with E-state index < -0.39 is 0 Å². The van der Waals surface area contributed by atoms with E-state index in [1.807, 2.05) is 40.6 Å². The number of nitrogens with zero attached hydrogens (tertiary/aromatic N) is 2. The molecule has 2 aromatic rings. The second kappa shape index (κ2) is 9.14. The van der Waals surface area contributed by atoms with Gasteiger partial charge in [0.15, 0.2) is 0 Å². The number of benzene rings is 1. The lowest BCUT2D eigenvalue weighted by Gasteiger charge is -2.47. The molecule has 28 heavy (non-hydrogen) atoms. The number of likely N-dealkylation sites (tertiary alicyclic amines) is 2. The average Bonchev–Trinajstić information content (AvgIpc) is 3.25. The predicted octanol–water partition coefficient (Wildman–Crippen LogP) is 3.92. The highest BCUT2D eigenvalue weighted by Gasteiger charge is 2.39. The van der Waals surface area contributed by atoms with E-state index >= 15 is 0 Å². The molecule has 0 bridgehead atoms. The van der Waals surface area contributed by atoms with Crippen LogP contribution in [0.1, 0.15) is 24.1 Å². The fourth-order valence-corrected chi connectivity index (χ4v) is 5.86. The lowest BCUT2D eigenvalue weighted by molar-refractivity contribution is -0.139. The average molecular weight is 415 g/mol. The number of hydrogen-bond acceptors (Lipinski definition) is 4. The summed E-state index contributed by atoms with van der Waals surface area (Å²) in [5, 5.41) is 2.02. The monoisotopic (exact) mass is 414 g/mol. The summed E-state index contributed by atoms with van der Waals surface area (Å²) in [4.78, 5) is 31.9. The summed E-state index contributed by atoms with van der Waals surface area (Å²) < 4.78 is 0. The molecule has 0 spiro atoms. The molecule has 2 fully saturated rings. The zero-order chi connectivity index (χ0) is 19.3. The molecule has 0 saturated carbocycles. The Morgan fingerprint density at radius 1 is 1.04 bits per heavy atom. The van der Waals surface area contributed by atoms with Gasteiger partial charge in [0.1, 0.15) is 0 Å². The molecule has 0 N–H and O–H groups in total. The molecule has 148 valence electrons. The number of rotatable bonds is 5.